The molecule has 2 rings (SSSR count). The Kier molecular flexibility index (Phi) is 5.99. The van der Waals surface area contributed by atoms with Crippen molar-refractivity contribution in [1.82, 2.24) is 14.8 Å². The SMILES string of the molecule is CCC[C@H](C)N1CC[C@H](CN(C)Cc2cccnc2)C1. The zero-order valence-electron chi connectivity index (χ0n) is 13.3. The molecule has 0 bridgehead atoms. The molecule has 0 amide bonds. The fourth-order valence-corrected chi connectivity index (χ4v) is 3.32. The van der Waals surface area contributed by atoms with Gasteiger partial charge in [0.05, 0.1) is 0 Å². The fourth-order valence-electron chi connectivity index (χ4n) is 3.32. The molecule has 1 aromatic rings. The molecule has 3 nitrogen and oxygen atoms in total. The minimum atomic E-state index is 0.758. The van der Waals surface area contributed by atoms with Crippen molar-refractivity contribution in [2.24, 2.45) is 5.92 Å². The molecule has 3 heteroatoms. The molecule has 0 spiro atoms. The molecular weight excluding hydrogens is 246 g/mol. The predicted octanol–water partition coefficient (Wildman–Crippen LogP) is 3.02. The van der Waals surface area contributed by atoms with Crippen LogP contribution in [0.1, 0.15) is 38.7 Å². The van der Waals surface area contributed by atoms with Crippen LogP contribution in [-0.4, -0.2) is 47.5 Å². The van der Waals surface area contributed by atoms with Crippen LogP contribution in [0.3, 0.4) is 0 Å². The maximum atomic E-state index is 4.19. The Bertz CT molecular complexity index is 379. The second-order valence-corrected chi connectivity index (χ2v) is 6.35. The molecule has 0 N–H and O–H groups in total. The molecule has 0 aromatic carbocycles. The summed E-state index contributed by atoms with van der Waals surface area (Å²) in [5.41, 5.74) is 1.31. The Hall–Kier alpha value is -0.930. The van der Waals surface area contributed by atoms with Gasteiger partial charge in [-0.2, -0.15) is 0 Å². The Morgan fingerprint density at radius 2 is 2.35 bits per heavy atom. The first-order valence-electron chi connectivity index (χ1n) is 8.00. The first-order valence-corrected chi connectivity index (χ1v) is 8.00. The molecule has 1 saturated heterocycles. The number of rotatable bonds is 7. The summed E-state index contributed by atoms with van der Waals surface area (Å²) >= 11 is 0. The summed E-state index contributed by atoms with van der Waals surface area (Å²) in [5.74, 6) is 0.830. The van der Waals surface area contributed by atoms with Gasteiger partial charge in [-0.05, 0) is 50.9 Å². The van der Waals surface area contributed by atoms with Crippen molar-refractivity contribution in [1.29, 1.82) is 0 Å². The van der Waals surface area contributed by atoms with E-state index in [9.17, 15) is 0 Å². The van der Waals surface area contributed by atoms with Gasteiger partial charge in [-0.3, -0.25) is 4.98 Å². The lowest BCUT2D eigenvalue weighted by atomic mass is 10.1. The van der Waals surface area contributed by atoms with E-state index in [1.165, 1.54) is 44.5 Å². The average molecular weight is 275 g/mol. The molecule has 2 atom stereocenters. The number of pyridine rings is 1. The van der Waals surface area contributed by atoms with Crippen molar-refractivity contribution in [2.75, 3.05) is 26.7 Å². The molecular formula is C17H29N3. The normalized spacial score (nSPS) is 21.5. The second-order valence-electron chi connectivity index (χ2n) is 6.35. The molecule has 1 fully saturated rings. The topological polar surface area (TPSA) is 19.4 Å². The first kappa shape index (κ1) is 15.5. The molecule has 20 heavy (non-hydrogen) atoms. The van der Waals surface area contributed by atoms with E-state index in [1.54, 1.807) is 0 Å². The molecule has 1 aliphatic rings. The van der Waals surface area contributed by atoms with Crippen LogP contribution < -0.4 is 0 Å². The van der Waals surface area contributed by atoms with Crippen molar-refractivity contribution in [3.8, 4) is 0 Å². The Labute approximate surface area is 124 Å². The predicted molar refractivity (Wildman–Crippen MR) is 84.6 cm³/mol. The lowest BCUT2D eigenvalue weighted by Gasteiger charge is -2.25. The van der Waals surface area contributed by atoms with E-state index in [1.807, 2.05) is 18.5 Å². The van der Waals surface area contributed by atoms with Gasteiger partial charge >= 0.3 is 0 Å². The van der Waals surface area contributed by atoms with E-state index >= 15 is 0 Å². The van der Waals surface area contributed by atoms with E-state index < -0.39 is 0 Å². The largest absolute Gasteiger partial charge is 0.302 e. The van der Waals surface area contributed by atoms with Crippen LogP contribution in [0.15, 0.2) is 24.5 Å². The van der Waals surface area contributed by atoms with Crippen LogP contribution >= 0.6 is 0 Å². The third kappa shape index (κ3) is 4.57. The highest BCUT2D eigenvalue weighted by molar-refractivity contribution is 5.07. The molecule has 0 radical (unpaired) electrons. The van der Waals surface area contributed by atoms with Crippen LogP contribution in [0.2, 0.25) is 0 Å². The number of aromatic nitrogens is 1. The van der Waals surface area contributed by atoms with Gasteiger partial charge in [0.25, 0.3) is 0 Å². The molecule has 0 saturated carbocycles. The lowest BCUT2D eigenvalue weighted by molar-refractivity contribution is 0.218. The summed E-state index contributed by atoms with van der Waals surface area (Å²) in [5, 5.41) is 0. The van der Waals surface area contributed by atoms with Crippen molar-refractivity contribution in [2.45, 2.75) is 45.7 Å². The zero-order valence-corrected chi connectivity index (χ0v) is 13.3. The lowest BCUT2D eigenvalue weighted by Crippen LogP contribution is -2.33. The van der Waals surface area contributed by atoms with Gasteiger partial charge in [-0.15, -0.1) is 0 Å². The van der Waals surface area contributed by atoms with Gasteiger partial charge in [-0.25, -0.2) is 0 Å². The third-order valence-electron chi connectivity index (χ3n) is 4.39. The van der Waals surface area contributed by atoms with Gasteiger partial charge in [0.1, 0.15) is 0 Å². The summed E-state index contributed by atoms with van der Waals surface area (Å²) in [7, 11) is 2.23. The van der Waals surface area contributed by atoms with Gasteiger partial charge in [0.15, 0.2) is 0 Å². The van der Waals surface area contributed by atoms with E-state index in [-0.39, 0.29) is 0 Å². The zero-order chi connectivity index (χ0) is 14.4. The van der Waals surface area contributed by atoms with Crippen molar-refractivity contribution in [3.05, 3.63) is 30.1 Å². The Morgan fingerprint density at radius 1 is 1.50 bits per heavy atom. The smallest absolute Gasteiger partial charge is 0.0312 e. The maximum Gasteiger partial charge on any atom is 0.0312 e. The monoisotopic (exact) mass is 275 g/mol. The van der Waals surface area contributed by atoms with Crippen LogP contribution in [0.5, 0.6) is 0 Å². The van der Waals surface area contributed by atoms with Gasteiger partial charge < -0.3 is 9.80 Å². The number of hydrogen-bond donors (Lipinski definition) is 0. The molecule has 0 aliphatic carbocycles. The number of nitrogens with zero attached hydrogens (tertiary/aromatic N) is 3. The highest BCUT2D eigenvalue weighted by Gasteiger charge is 2.26. The Balaban J connectivity index is 1.74. The summed E-state index contributed by atoms with van der Waals surface area (Å²) in [6.45, 7) is 9.43. The Morgan fingerprint density at radius 3 is 3.05 bits per heavy atom. The van der Waals surface area contributed by atoms with Crippen LogP contribution in [-0.2, 0) is 6.54 Å². The maximum absolute atomic E-state index is 4.19. The van der Waals surface area contributed by atoms with Crippen LogP contribution in [0, 0.1) is 5.92 Å². The summed E-state index contributed by atoms with van der Waals surface area (Å²) in [6, 6.07) is 4.94. The van der Waals surface area contributed by atoms with E-state index in [4.69, 9.17) is 0 Å². The van der Waals surface area contributed by atoms with Crippen molar-refractivity contribution in [3.63, 3.8) is 0 Å². The molecule has 1 aromatic heterocycles. The van der Waals surface area contributed by atoms with Crippen molar-refractivity contribution >= 4 is 0 Å². The van der Waals surface area contributed by atoms with Gasteiger partial charge in [0.2, 0.25) is 0 Å². The average Bonchev–Trinajstić information content (AvgIpc) is 2.88. The van der Waals surface area contributed by atoms with Crippen LogP contribution in [0.25, 0.3) is 0 Å². The third-order valence-corrected chi connectivity index (χ3v) is 4.39. The fraction of sp³-hybridized carbons (Fsp3) is 0.706. The van der Waals surface area contributed by atoms with E-state index in [0.29, 0.717) is 0 Å². The second kappa shape index (κ2) is 7.75. The minimum absolute atomic E-state index is 0.758. The number of likely N-dealkylation sites (tertiary alicyclic amines) is 1. The van der Waals surface area contributed by atoms with E-state index in [0.717, 1.165) is 18.5 Å². The molecule has 0 unspecified atom stereocenters. The minimum Gasteiger partial charge on any atom is -0.302 e. The van der Waals surface area contributed by atoms with E-state index in [2.05, 4.69) is 41.7 Å². The van der Waals surface area contributed by atoms with Gasteiger partial charge in [-0.1, -0.05) is 19.4 Å². The first-order chi connectivity index (χ1) is 9.69. The molecule has 1 aliphatic heterocycles. The van der Waals surface area contributed by atoms with Crippen LogP contribution in [0.4, 0.5) is 0 Å². The summed E-state index contributed by atoms with van der Waals surface area (Å²) in [4.78, 5) is 9.30. The molecule has 2 heterocycles. The standard InChI is InChI=1S/C17H29N3/c1-4-6-15(2)20-10-8-17(14-20)13-19(3)12-16-7-5-9-18-11-16/h5,7,9,11,15,17H,4,6,8,10,12-14H2,1-3H3/t15-,17+/m0/s1. The van der Waals surface area contributed by atoms with Crippen molar-refractivity contribution < 1.29 is 0 Å². The number of hydrogen-bond acceptors (Lipinski definition) is 3. The van der Waals surface area contributed by atoms with Gasteiger partial charge in [0, 0.05) is 38.1 Å². The summed E-state index contributed by atoms with van der Waals surface area (Å²) < 4.78 is 0. The quantitative estimate of drug-likeness (QED) is 0.762. The molecule has 112 valence electrons. The highest BCUT2D eigenvalue weighted by Crippen LogP contribution is 2.21. The summed E-state index contributed by atoms with van der Waals surface area (Å²) in [6.07, 6.45) is 7.79. The highest BCUT2D eigenvalue weighted by atomic mass is 15.2.